The van der Waals surface area contributed by atoms with Gasteiger partial charge in [-0.25, -0.2) is 4.99 Å². The second-order valence-electron chi connectivity index (χ2n) is 3.23. The highest BCUT2D eigenvalue weighted by atomic mass is 79.9. The molecule has 1 fully saturated rings. The van der Waals surface area contributed by atoms with Crippen molar-refractivity contribution in [3.8, 4) is 0 Å². The molecule has 1 aromatic rings. The Kier molecular flexibility index (Phi) is 3.08. The summed E-state index contributed by atoms with van der Waals surface area (Å²) in [6.45, 7) is 2.78. The van der Waals surface area contributed by atoms with Crippen LogP contribution in [0.5, 0.6) is 0 Å². The summed E-state index contributed by atoms with van der Waals surface area (Å²) >= 11 is 5.16. The molecule has 0 atom stereocenters. The lowest BCUT2D eigenvalue weighted by Crippen LogP contribution is -2.46. The average molecular weight is 274 g/mol. The summed E-state index contributed by atoms with van der Waals surface area (Å²) in [5.74, 6) is 0.675. The van der Waals surface area contributed by atoms with E-state index in [0.717, 1.165) is 16.9 Å². The maximum absolute atomic E-state index is 5.81. The first-order chi connectivity index (χ1) is 6.77. The van der Waals surface area contributed by atoms with E-state index >= 15 is 0 Å². The minimum atomic E-state index is 0.673. The molecular formula is C9H12BrN3S. The van der Waals surface area contributed by atoms with Gasteiger partial charge in [0.1, 0.15) is 0 Å². The third kappa shape index (κ3) is 2.09. The van der Waals surface area contributed by atoms with E-state index < -0.39 is 0 Å². The second kappa shape index (κ2) is 4.31. The van der Waals surface area contributed by atoms with Crippen LogP contribution in [0.25, 0.3) is 0 Å². The lowest BCUT2D eigenvalue weighted by molar-refractivity contribution is 0.295. The molecule has 76 valence electrons. The molecule has 2 N–H and O–H groups in total. The van der Waals surface area contributed by atoms with Crippen LogP contribution in [-0.2, 0) is 6.54 Å². The molecule has 1 aliphatic heterocycles. The van der Waals surface area contributed by atoms with Crippen LogP contribution in [0.2, 0.25) is 0 Å². The molecule has 0 aromatic carbocycles. The number of hydrogen-bond acceptors (Lipinski definition) is 2. The maximum Gasteiger partial charge on any atom is 0.191 e. The number of aliphatic imine (C=N–C) groups is 1. The summed E-state index contributed by atoms with van der Waals surface area (Å²) in [5.41, 5.74) is 7.02. The predicted octanol–water partition coefficient (Wildman–Crippen LogP) is 2.03. The minimum absolute atomic E-state index is 0.673. The van der Waals surface area contributed by atoms with Crippen LogP contribution in [0, 0.1) is 0 Å². The highest BCUT2D eigenvalue weighted by Crippen LogP contribution is 2.23. The topological polar surface area (TPSA) is 41.6 Å². The monoisotopic (exact) mass is 273 g/mol. The molecule has 1 aliphatic rings. The Labute approximate surface area is 95.8 Å². The van der Waals surface area contributed by atoms with Gasteiger partial charge in [0.15, 0.2) is 5.96 Å². The van der Waals surface area contributed by atoms with Gasteiger partial charge < -0.3 is 10.6 Å². The number of thiophene rings is 1. The van der Waals surface area contributed by atoms with E-state index in [1.165, 1.54) is 12.0 Å². The van der Waals surface area contributed by atoms with Crippen LogP contribution in [0.1, 0.15) is 12.0 Å². The van der Waals surface area contributed by atoms with Crippen molar-refractivity contribution < 1.29 is 0 Å². The third-order valence-corrected chi connectivity index (χ3v) is 4.10. The standard InChI is InChI=1S/C9H12BrN3S/c10-8-7(2-5-14-8)6-12-9(11)13-3-1-4-13/h2,5H,1,3-4,6H2,(H2,11,12). The summed E-state index contributed by atoms with van der Waals surface area (Å²) in [6, 6.07) is 2.07. The summed E-state index contributed by atoms with van der Waals surface area (Å²) in [4.78, 5) is 6.44. The number of guanidine groups is 1. The average Bonchev–Trinajstić information content (AvgIpc) is 2.44. The Morgan fingerprint density at radius 2 is 2.43 bits per heavy atom. The fourth-order valence-corrected chi connectivity index (χ4v) is 2.46. The van der Waals surface area contributed by atoms with Crippen LogP contribution >= 0.6 is 27.3 Å². The third-order valence-electron chi connectivity index (χ3n) is 2.28. The van der Waals surface area contributed by atoms with Gasteiger partial charge in [0, 0.05) is 13.1 Å². The number of rotatable bonds is 2. The molecule has 2 heterocycles. The van der Waals surface area contributed by atoms with Gasteiger partial charge in [-0.15, -0.1) is 11.3 Å². The molecular weight excluding hydrogens is 262 g/mol. The van der Waals surface area contributed by atoms with Crippen molar-refractivity contribution in [2.75, 3.05) is 13.1 Å². The maximum atomic E-state index is 5.81. The molecule has 0 unspecified atom stereocenters. The van der Waals surface area contributed by atoms with E-state index in [2.05, 4.69) is 37.3 Å². The van der Waals surface area contributed by atoms with E-state index in [4.69, 9.17) is 5.73 Å². The van der Waals surface area contributed by atoms with E-state index in [1.807, 2.05) is 0 Å². The fourth-order valence-electron chi connectivity index (χ4n) is 1.24. The van der Waals surface area contributed by atoms with Crippen LogP contribution < -0.4 is 5.73 Å². The quantitative estimate of drug-likeness (QED) is 0.662. The fraction of sp³-hybridized carbons (Fsp3) is 0.444. The minimum Gasteiger partial charge on any atom is -0.370 e. The molecule has 0 saturated carbocycles. The Hall–Kier alpha value is -0.550. The Morgan fingerprint density at radius 1 is 1.64 bits per heavy atom. The van der Waals surface area contributed by atoms with Crippen molar-refractivity contribution in [2.45, 2.75) is 13.0 Å². The summed E-state index contributed by atoms with van der Waals surface area (Å²) < 4.78 is 1.15. The molecule has 0 spiro atoms. The van der Waals surface area contributed by atoms with Crippen molar-refractivity contribution in [3.63, 3.8) is 0 Å². The number of halogens is 1. The molecule has 1 saturated heterocycles. The van der Waals surface area contributed by atoms with E-state index in [1.54, 1.807) is 11.3 Å². The zero-order valence-electron chi connectivity index (χ0n) is 7.74. The molecule has 5 heteroatoms. The number of nitrogens with two attached hydrogens (primary N) is 1. The van der Waals surface area contributed by atoms with Crippen molar-refractivity contribution in [1.82, 2.24) is 4.90 Å². The zero-order chi connectivity index (χ0) is 9.97. The van der Waals surface area contributed by atoms with Gasteiger partial charge in [-0.05, 0) is 39.4 Å². The largest absolute Gasteiger partial charge is 0.370 e. The summed E-state index contributed by atoms with van der Waals surface area (Å²) in [6.07, 6.45) is 1.23. The lowest BCUT2D eigenvalue weighted by atomic mass is 10.2. The lowest BCUT2D eigenvalue weighted by Gasteiger charge is -2.31. The smallest absolute Gasteiger partial charge is 0.191 e. The highest BCUT2D eigenvalue weighted by molar-refractivity contribution is 9.11. The molecule has 0 aliphatic carbocycles. The second-order valence-corrected chi connectivity index (χ2v) is 5.47. The summed E-state index contributed by atoms with van der Waals surface area (Å²) in [7, 11) is 0. The van der Waals surface area contributed by atoms with Crippen molar-refractivity contribution >= 4 is 33.2 Å². The Morgan fingerprint density at radius 3 is 2.93 bits per heavy atom. The molecule has 0 amide bonds. The Balaban J connectivity index is 1.95. The first kappa shape index (κ1) is 9.98. The normalized spacial score (nSPS) is 16.9. The van der Waals surface area contributed by atoms with Crippen molar-refractivity contribution in [3.05, 3.63) is 20.8 Å². The number of likely N-dealkylation sites (tertiary alicyclic amines) is 1. The van der Waals surface area contributed by atoms with Crippen LogP contribution in [-0.4, -0.2) is 23.9 Å². The molecule has 0 bridgehead atoms. The van der Waals surface area contributed by atoms with Gasteiger partial charge in [0.05, 0.1) is 10.3 Å². The van der Waals surface area contributed by atoms with Crippen LogP contribution in [0.4, 0.5) is 0 Å². The predicted molar refractivity (Wildman–Crippen MR) is 63.5 cm³/mol. The number of hydrogen-bond donors (Lipinski definition) is 1. The molecule has 14 heavy (non-hydrogen) atoms. The van der Waals surface area contributed by atoms with Gasteiger partial charge >= 0.3 is 0 Å². The zero-order valence-corrected chi connectivity index (χ0v) is 10.1. The van der Waals surface area contributed by atoms with Gasteiger partial charge in [0.25, 0.3) is 0 Å². The van der Waals surface area contributed by atoms with Crippen molar-refractivity contribution in [1.29, 1.82) is 0 Å². The van der Waals surface area contributed by atoms with Gasteiger partial charge in [-0.1, -0.05) is 0 Å². The molecule has 3 nitrogen and oxygen atoms in total. The highest BCUT2D eigenvalue weighted by Gasteiger charge is 2.15. The van der Waals surface area contributed by atoms with Crippen LogP contribution in [0.3, 0.4) is 0 Å². The summed E-state index contributed by atoms with van der Waals surface area (Å²) in [5, 5.41) is 2.05. The van der Waals surface area contributed by atoms with E-state index in [0.29, 0.717) is 12.5 Å². The van der Waals surface area contributed by atoms with Gasteiger partial charge in [-0.3, -0.25) is 0 Å². The van der Waals surface area contributed by atoms with Crippen molar-refractivity contribution in [2.24, 2.45) is 10.7 Å². The SMILES string of the molecule is NC(=NCc1ccsc1Br)N1CCC1. The first-order valence-corrected chi connectivity index (χ1v) is 6.21. The first-order valence-electron chi connectivity index (χ1n) is 4.54. The van der Waals surface area contributed by atoms with E-state index in [9.17, 15) is 0 Å². The van der Waals surface area contributed by atoms with E-state index in [-0.39, 0.29) is 0 Å². The molecule has 2 rings (SSSR count). The molecule has 0 radical (unpaired) electrons. The van der Waals surface area contributed by atoms with Gasteiger partial charge in [0.2, 0.25) is 0 Å². The molecule has 1 aromatic heterocycles. The van der Waals surface area contributed by atoms with Crippen LogP contribution in [0.15, 0.2) is 20.2 Å². The van der Waals surface area contributed by atoms with Gasteiger partial charge in [-0.2, -0.15) is 0 Å². The Bertz CT molecular complexity index is 344. The number of nitrogens with zero attached hydrogens (tertiary/aromatic N) is 2.